The van der Waals surface area contributed by atoms with E-state index in [1.54, 1.807) is 0 Å². The van der Waals surface area contributed by atoms with Gasteiger partial charge in [-0.2, -0.15) is 0 Å². The second-order valence-electron chi connectivity index (χ2n) is 39.2. The fourth-order valence-corrected chi connectivity index (χ4v) is 24.6. The highest BCUT2D eigenvalue weighted by Gasteiger charge is 2.37. The molecule has 24 aromatic carbocycles. The maximum absolute atomic E-state index is 6.19. The molecule has 1 aliphatic rings. The van der Waals surface area contributed by atoms with Crippen LogP contribution in [0.15, 0.2) is 464 Å². The van der Waals surface area contributed by atoms with E-state index in [9.17, 15) is 0 Å². The summed E-state index contributed by atoms with van der Waals surface area (Å²) < 4.78 is 19.3. The van der Waals surface area contributed by atoms with Gasteiger partial charge in [-0.15, -0.1) is 0 Å². The zero-order chi connectivity index (χ0) is 95.8. The quantitative estimate of drug-likeness (QED) is 0.151. The van der Waals surface area contributed by atoms with E-state index in [1.807, 2.05) is 24.3 Å². The molecule has 0 aliphatic heterocycles. The summed E-state index contributed by atoms with van der Waals surface area (Å²) in [5.74, 6) is 1.98. The van der Waals surface area contributed by atoms with Crippen LogP contribution in [-0.4, -0.2) is 43.6 Å². The van der Waals surface area contributed by atoms with Gasteiger partial charge in [-0.25, -0.2) is 29.9 Å². The average Bonchev–Trinajstić information content (AvgIpc) is 1.55. The molecule has 0 unspecified atom stereocenters. The van der Waals surface area contributed by atoms with Crippen molar-refractivity contribution in [3.63, 3.8) is 0 Å². The van der Waals surface area contributed by atoms with Crippen LogP contribution in [-0.2, 0) is 5.41 Å². The van der Waals surface area contributed by atoms with Crippen molar-refractivity contribution in [3.05, 3.63) is 466 Å². The van der Waals surface area contributed by atoms with Gasteiger partial charge in [0, 0.05) is 114 Å². The van der Waals surface area contributed by atoms with Crippen LogP contribution in [0.3, 0.4) is 0 Å². The maximum Gasteiger partial charge on any atom is 0.235 e. The molecule has 8 aromatic heterocycles. The molecule has 11 nitrogen and oxygen atoms in total. The SMILES string of the molecule is C.CC1(C)c2ccccc2-c2ccc(-c3nc(-n4c5ccc6ccccc6c5c5c6ccccc6c6ccccc6c54)nc4ccccc34)cc21.c1ccc2c(c1)ccc1c3c4ccccc4c4ccccc4c3n(-c3nc(-c4ccc5oc6ccccc6c5c4)c4ccccc4n3)c21.c1ccc2cc3c(cc2c1)c1c2ccccc2c2ccccc2c1n3-c1nc(-c2ccc3oc4ccccc4c3c2)c2ccccc2n1. The van der Waals surface area contributed by atoms with Gasteiger partial charge in [0.25, 0.3) is 0 Å². The van der Waals surface area contributed by atoms with E-state index in [2.05, 4.69) is 458 Å². The Labute approximate surface area is 841 Å². The van der Waals surface area contributed by atoms with Crippen LogP contribution < -0.4 is 0 Å². The van der Waals surface area contributed by atoms with Gasteiger partial charge in [0.15, 0.2) is 0 Å². The van der Waals surface area contributed by atoms with Crippen molar-refractivity contribution in [1.29, 1.82) is 0 Å². The molecule has 0 spiro atoms. The molecule has 0 saturated heterocycles. The highest BCUT2D eigenvalue weighted by molar-refractivity contribution is 6.38. The van der Waals surface area contributed by atoms with Gasteiger partial charge in [0.2, 0.25) is 17.8 Å². The van der Waals surface area contributed by atoms with E-state index < -0.39 is 0 Å². The monoisotopic (exact) mass is 1880 g/mol. The summed E-state index contributed by atoms with van der Waals surface area (Å²) in [6.45, 7) is 4.67. The van der Waals surface area contributed by atoms with E-state index in [0.29, 0.717) is 17.8 Å². The minimum absolute atomic E-state index is 0. The molecule has 32 aromatic rings. The number of hydrogen-bond donors (Lipinski definition) is 0. The number of rotatable bonds is 6. The molecule has 11 heteroatoms. The van der Waals surface area contributed by atoms with Gasteiger partial charge in [-0.05, 0) is 189 Å². The molecule has 0 N–H and O–H groups in total. The zero-order valence-electron chi connectivity index (χ0n) is 79.1. The van der Waals surface area contributed by atoms with Crippen molar-refractivity contribution in [2.75, 3.05) is 0 Å². The van der Waals surface area contributed by atoms with Crippen molar-refractivity contribution >= 4 is 239 Å². The second kappa shape index (κ2) is 32.1. The average molecular weight is 1880 g/mol. The lowest BCUT2D eigenvalue weighted by atomic mass is 9.82. The highest BCUT2D eigenvalue weighted by Crippen LogP contribution is 2.54. The summed E-state index contributed by atoms with van der Waals surface area (Å²) >= 11 is 0. The number of fused-ring (bicyclic) bond motifs is 41. The third-order valence-corrected chi connectivity index (χ3v) is 31.1. The standard InChI is InChI=1S/C47H31N3.2C44H25N3O.CH4/c1-47(2)38-21-11-9-17-33(38)34-25-23-29(27-39(34)47)44-37-20-10-12-22-40(37)48-46(49-44)50-41-26-24-28-13-3-4-14-30(28)42(41)43-35-18-7-5-15-31(35)32-16-6-8-19-36(32)45(43)50;1-2-12-28-26(11-1)21-23-35-40-32-16-5-3-13-29(32)30-14-4-6-17-33(30)43(40)47(42(28)35)44-45-37-19-9-7-18-34(37)41(46-44)27-22-24-39-36(25-27)31-15-8-10-20-38(31)48-39;1-2-12-27-25-38-36(23-26(27)11-1)41-32-16-5-3-13-29(32)30-14-4-6-17-33(30)43(41)47(38)44-45-37-19-9-7-18-34(37)42(46-44)28-21-22-40-35(24-28)31-15-8-10-20-39(31)48-40;/h3-27H,1-2H3;2*1-25H;1H4. The molecule has 0 amide bonds. The number of para-hydroxylation sites is 5. The van der Waals surface area contributed by atoms with E-state index in [-0.39, 0.29) is 12.8 Å². The molecule has 686 valence electrons. The molecule has 0 saturated carbocycles. The van der Waals surface area contributed by atoms with Crippen LogP contribution in [0.1, 0.15) is 32.4 Å². The van der Waals surface area contributed by atoms with E-state index >= 15 is 0 Å². The lowest BCUT2D eigenvalue weighted by Crippen LogP contribution is -2.15. The molecule has 0 atom stereocenters. The van der Waals surface area contributed by atoms with Gasteiger partial charge < -0.3 is 8.83 Å². The summed E-state index contributed by atoms with van der Waals surface area (Å²) in [5.41, 5.74) is 24.0. The zero-order valence-corrected chi connectivity index (χ0v) is 79.1. The Balaban J connectivity index is 0.000000102. The Morgan fingerprint density at radius 1 is 0.190 bits per heavy atom. The lowest BCUT2D eigenvalue weighted by molar-refractivity contribution is 0.660. The Morgan fingerprint density at radius 3 is 1.05 bits per heavy atom. The molecular weight excluding hydrogens is 1790 g/mol. The maximum atomic E-state index is 6.19. The van der Waals surface area contributed by atoms with Crippen LogP contribution in [0.4, 0.5) is 0 Å². The van der Waals surface area contributed by atoms with Gasteiger partial charge in [0.05, 0.1) is 66.7 Å². The van der Waals surface area contributed by atoms with Crippen molar-refractivity contribution in [1.82, 2.24) is 43.6 Å². The third-order valence-electron chi connectivity index (χ3n) is 31.1. The number of aromatic nitrogens is 9. The van der Waals surface area contributed by atoms with Gasteiger partial charge in [0.1, 0.15) is 22.3 Å². The van der Waals surface area contributed by atoms with Gasteiger partial charge in [-0.3, -0.25) is 13.7 Å². The Kier molecular flexibility index (Phi) is 18.2. The Hall–Kier alpha value is -19.4. The topological polar surface area (TPSA) is 118 Å². The third kappa shape index (κ3) is 12.4. The highest BCUT2D eigenvalue weighted by atomic mass is 16.3. The minimum Gasteiger partial charge on any atom is -0.456 e. The first-order valence-electron chi connectivity index (χ1n) is 49.9. The van der Waals surface area contributed by atoms with Crippen LogP contribution in [0.5, 0.6) is 0 Å². The van der Waals surface area contributed by atoms with E-state index in [0.717, 1.165) is 143 Å². The molecule has 0 bridgehead atoms. The van der Waals surface area contributed by atoms with Crippen LogP contribution in [0.25, 0.3) is 302 Å². The predicted molar refractivity (Wildman–Crippen MR) is 614 cm³/mol. The first kappa shape index (κ1) is 83.4. The summed E-state index contributed by atoms with van der Waals surface area (Å²) in [7, 11) is 0. The normalized spacial score (nSPS) is 12.6. The molecule has 0 radical (unpaired) electrons. The number of hydrogen-bond acceptors (Lipinski definition) is 8. The minimum atomic E-state index is -0.110. The lowest BCUT2D eigenvalue weighted by Gasteiger charge is -2.22. The summed E-state index contributed by atoms with van der Waals surface area (Å²) in [5, 5.41) is 36.5. The molecule has 1 aliphatic carbocycles. The van der Waals surface area contributed by atoms with Crippen LogP contribution in [0.2, 0.25) is 0 Å². The van der Waals surface area contributed by atoms with E-state index in [4.69, 9.17) is 38.7 Å². The predicted octanol–water partition coefficient (Wildman–Crippen LogP) is 36.3. The van der Waals surface area contributed by atoms with Crippen molar-refractivity contribution in [2.24, 2.45) is 0 Å². The molecular formula is C136H85N9O2. The first-order valence-corrected chi connectivity index (χ1v) is 49.9. The molecule has 33 rings (SSSR count). The Morgan fingerprint density at radius 2 is 0.531 bits per heavy atom. The number of nitrogens with zero attached hydrogens (tertiary/aromatic N) is 9. The number of benzene rings is 24. The largest absolute Gasteiger partial charge is 0.456 e. The summed E-state index contributed by atoms with van der Waals surface area (Å²) in [6, 6.07) is 162. The second-order valence-corrected chi connectivity index (χ2v) is 39.2. The number of furan rings is 2. The van der Waals surface area contributed by atoms with Gasteiger partial charge in [-0.1, -0.05) is 385 Å². The van der Waals surface area contributed by atoms with Crippen molar-refractivity contribution < 1.29 is 8.83 Å². The fourth-order valence-electron chi connectivity index (χ4n) is 24.6. The van der Waals surface area contributed by atoms with Crippen molar-refractivity contribution in [2.45, 2.75) is 26.7 Å². The Bertz CT molecular complexity index is 11300. The van der Waals surface area contributed by atoms with E-state index in [1.165, 1.54) is 152 Å². The molecule has 147 heavy (non-hydrogen) atoms. The summed E-state index contributed by atoms with van der Waals surface area (Å²) in [4.78, 5) is 32.5. The molecule has 8 heterocycles. The first-order chi connectivity index (χ1) is 72.2. The van der Waals surface area contributed by atoms with Crippen molar-refractivity contribution in [3.8, 4) is 62.7 Å². The van der Waals surface area contributed by atoms with Crippen LogP contribution in [0, 0.1) is 0 Å². The smallest absolute Gasteiger partial charge is 0.235 e. The van der Waals surface area contributed by atoms with Crippen LogP contribution >= 0.6 is 0 Å². The summed E-state index contributed by atoms with van der Waals surface area (Å²) in [6.07, 6.45) is 0. The molecule has 0 fully saturated rings. The van der Waals surface area contributed by atoms with Gasteiger partial charge >= 0.3 is 0 Å². The fraction of sp³-hybridized carbons (Fsp3) is 0.0294.